The summed E-state index contributed by atoms with van der Waals surface area (Å²) >= 11 is 0. The Labute approximate surface area is 118 Å². The van der Waals surface area contributed by atoms with Crippen LogP contribution in [0.25, 0.3) is 0 Å². The number of phenols is 1. The van der Waals surface area contributed by atoms with E-state index < -0.39 is 6.04 Å². The summed E-state index contributed by atoms with van der Waals surface area (Å²) in [6.45, 7) is 2.48. The van der Waals surface area contributed by atoms with Crippen LogP contribution in [0, 0.1) is 0 Å². The standard InChI is InChI=1S/C14H21N3O3/c1-2-7-16-13(19)9-17-14(20)12(15)8-10-3-5-11(18)6-4-10/h3-6,12,18H,2,7-9,15H2,1H3,(H,16,19)(H,17,20)/t12-/m1/s1. The molecule has 2 amide bonds. The van der Waals surface area contributed by atoms with E-state index in [-0.39, 0.29) is 24.1 Å². The topological polar surface area (TPSA) is 104 Å². The van der Waals surface area contributed by atoms with E-state index in [1.807, 2.05) is 6.92 Å². The fraction of sp³-hybridized carbons (Fsp3) is 0.429. The van der Waals surface area contributed by atoms with Gasteiger partial charge in [0, 0.05) is 6.54 Å². The van der Waals surface area contributed by atoms with Crippen molar-refractivity contribution in [2.75, 3.05) is 13.1 Å². The van der Waals surface area contributed by atoms with Gasteiger partial charge in [0.1, 0.15) is 5.75 Å². The maximum Gasteiger partial charge on any atom is 0.239 e. The lowest BCUT2D eigenvalue weighted by Crippen LogP contribution is -2.45. The summed E-state index contributed by atoms with van der Waals surface area (Å²) in [6.07, 6.45) is 1.20. The van der Waals surface area contributed by atoms with Crippen molar-refractivity contribution in [2.45, 2.75) is 25.8 Å². The summed E-state index contributed by atoms with van der Waals surface area (Å²) in [4.78, 5) is 23.1. The second-order valence-corrected chi connectivity index (χ2v) is 4.54. The van der Waals surface area contributed by atoms with Crippen LogP contribution in [0.15, 0.2) is 24.3 Å². The first kappa shape index (κ1) is 16.0. The van der Waals surface area contributed by atoms with E-state index in [0.717, 1.165) is 12.0 Å². The zero-order valence-corrected chi connectivity index (χ0v) is 11.6. The molecule has 1 rings (SSSR count). The highest BCUT2D eigenvalue weighted by Crippen LogP contribution is 2.10. The third-order valence-electron chi connectivity index (χ3n) is 2.72. The molecule has 20 heavy (non-hydrogen) atoms. The molecule has 0 aliphatic heterocycles. The second-order valence-electron chi connectivity index (χ2n) is 4.54. The average Bonchev–Trinajstić information content (AvgIpc) is 2.44. The van der Waals surface area contributed by atoms with E-state index >= 15 is 0 Å². The molecule has 0 saturated carbocycles. The summed E-state index contributed by atoms with van der Waals surface area (Å²) in [5.41, 5.74) is 6.62. The van der Waals surface area contributed by atoms with E-state index in [1.54, 1.807) is 12.1 Å². The maximum atomic E-state index is 11.7. The number of carbonyl (C=O) groups excluding carboxylic acids is 2. The molecule has 6 nitrogen and oxygen atoms in total. The van der Waals surface area contributed by atoms with Gasteiger partial charge in [-0.15, -0.1) is 0 Å². The van der Waals surface area contributed by atoms with Gasteiger partial charge >= 0.3 is 0 Å². The van der Waals surface area contributed by atoms with Crippen molar-refractivity contribution < 1.29 is 14.7 Å². The predicted molar refractivity (Wildman–Crippen MR) is 76.1 cm³/mol. The van der Waals surface area contributed by atoms with Crippen LogP contribution in [0.4, 0.5) is 0 Å². The van der Waals surface area contributed by atoms with E-state index in [2.05, 4.69) is 10.6 Å². The molecule has 1 aromatic carbocycles. The first-order valence-electron chi connectivity index (χ1n) is 6.60. The molecule has 0 bridgehead atoms. The summed E-state index contributed by atoms with van der Waals surface area (Å²) in [7, 11) is 0. The van der Waals surface area contributed by atoms with E-state index in [1.165, 1.54) is 12.1 Å². The fourth-order valence-electron chi connectivity index (χ4n) is 1.60. The van der Waals surface area contributed by atoms with Crippen LogP contribution < -0.4 is 16.4 Å². The molecule has 0 fully saturated rings. The molecule has 0 aliphatic carbocycles. The smallest absolute Gasteiger partial charge is 0.239 e. The van der Waals surface area contributed by atoms with Gasteiger partial charge in [-0.05, 0) is 30.5 Å². The number of amides is 2. The highest BCUT2D eigenvalue weighted by atomic mass is 16.3. The molecule has 6 heteroatoms. The van der Waals surface area contributed by atoms with Crippen LogP contribution in [0.2, 0.25) is 0 Å². The molecular formula is C14H21N3O3. The number of hydrogen-bond acceptors (Lipinski definition) is 4. The minimum absolute atomic E-state index is 0.0674. The number of rotatable bonds is 7. The molecule has 0 saturated heterocycles. The third-order valence-corrected chi connectivity index (χ3v) is 2.72. The molecule has 0 aromatic heterocycles. The van der Waals surface area contributed by atoms with Gasteiger partial charge in [0.25, 0.3) is 0 Å². The van der Waals surface area contributed by atoms with Gasteiger partial charge < -0.3 is 21.5 Å². The number of aromatic hydroxyl groups is 1. The summed E-state index contributed by atoms with van der Waals surface area (Å²) in [5, 5.41) is 14.3. The Balaban J connectivity index is 2.35. The van der Waals surface area contributed by atoms with Crippen LogP contribution in [0.5, 0.6) is 5.75 Å². The van der Waals surface area contributed by atoms with Crippen molar-refractivity contribution in [1.82, 2.24) is 10.6 Å². The van der Waals surface area contributed by atoms with Gasteiger partial charge in [0.05, 0.1) is 12.6 Å². The van der Waals surface area contributed by atoms with E-state index in [0.29, 0.717) is 13.0 Å². The first-order valence-corrected chi connectivity index (χ1v) is 6.60. The Hall–Kier alpha value is -2.08. The van der Waals surface area contributed by atoms with Gasteiger partial charge in [-0.25, -0.2) is 0 Å². The zero-order chi connectivity index (χ0) is 15.0. The Morgan fingerprint density at radius 2 is 1.90 bits per heavy atom. The number of carbonyl (C=O) groups is 2. The number of nitrogens with one attached hydrogen (secondary N) is 2. The van der Waals surface area contributed by atoms with Crippen LogP contribution in [-0.4, -0.2) is 36.1 Å². The SMILES string of the molecule is CCCNC(=O)CNC(=O)[C@H](N)Cc1ccc(O)cc1. The van der Waals surface area contributed by atoms with Crippen LogP contribution >= 0.6 is 0 Å². The minimum Gasteiger partial charge on any atom is -0.508 e. The molecule has 110 valence electrons. The summed E-state index contributed by atoms with van der Waals surface area (Å²) in [6, 6.07) is 5.77. The predicted octanol–water partition coefficient (Wildman–Crippen LogP) is -0.0956. The van der Waals surface area contributed by atoms with Crippen molar-refractivity contribution in [3.05, 3.63) is 29.8 Å². The molecule has 0 spiro atoms. The fourth-order valence-corrected chi connectivity index (χ4v) is 1.60. The Kier molecular flexibility index (Phi) is 6.52. The molecule has 0 unspecified atom stereocenters. The van der Waals surface area contributed by atoms with Crippen molar-refractivity contribution in [1.29, 1.82) is 0 Å². The van der Waals surface area contributed by atoms with Crippen molar-refractivity contribution in [3.8, 4) is 5.75 Å². The Morgan fingerprint density at radius 3 is 2.50 bits per heavy atom. The van der Waals surface area contributed by atoms with Crippen molar-refractivity contribution >= 4 is 11.8 Å². The third kappa shape index (κ3) is 5.71. The number of hydrogen-bond donors (Lipinski definition) is 4. The molecule has 1 aromatic rings. The first-order chi connectivity index (χ1) is 9.52. The summed E-state index contributed by atoms with van der Waals surface area (Å²) in [5.74, 6) is -0.430. The largest absolute Gasteiger partial charge is 0.508 e. The zero-order valence-electron chi connectivity index (χ0n) is 11.6. The minimum atomic E-state index is -0.724. The average molecular weight is 279 g/mol. The number of nitrogens with two attached hydrogens (primary N) is 1. The van der Waals surface area contributed by atoms with Gasteiger partial charge in [0.15, 0.2) is 0 Å². The van der Waals surface area contributed by atoms with Crippen LogP contribution in [-0.2, 0) is 16.0 Å². The van der Waals surface area contributed by atoms with Crippen LogP contribution in [0.1, 0.15) is 18.9 Å². The Bertz CT molecular complexity index is 445. The Morgan fingerprint density at radius 1 is 1.25 bits per heavy atom. The van der Waals surface area contributed by atoms with Crippen LogP contribution in [0.3, 0.4) is 0 Å². The number of phenolic OH excluding ortho intramolecular Hbond substituents is 1. The highest BCUT2D eigenvalue weighted by Gasteiger charge is 2.14. The van der Waals surface area contributed by atoms with Crippen molar-refractivity contribution in [2.24, 2.45) is 5.73 Å². The van der Waals surface area contributed by atoms with E-state index in [9.17, 15) is 9.59 Å². The molecule has 0 heterocycles. The quantitative estimate of drug-likeness (QED) is 0.559. The lowest BCUT2D eigenvalue weighted by atomic mass is 10.1. The second kappa shape index (κ2) is 8.16. The van der Waals surface area contributed by atoms with Gasteiger partial charge in [0.2, 0.25) is 11.8 Å². The molecule has 0 aliphatic rings. The molecule has 0 radical (unpaired) electrons. The lowest BCUT2D eigenvalue weighted by molar-refractivity contribution is -0.126. The van der Waals surface area contributed by atoms with Crippen molar-refractivity contribution in [3.63, 3.8) is 0 Å². The molecule has 1 atom stereocenters. The lowest BCUT2D eigenvalue weighted by Gasteiger charge is -2.12. The van der Waals surface area contributed by atoms with Gasteiger partial charge in [-0.1, -0.05) is 19.1 Å². The normalized spacial score (nSPS) is 11.7. The monoisotopic (exact) mass is 279 g/mol. The summed E-state index contributed by atoms with van der Waals surface area (Å²) < 4.78 is 0. The van der Waals surface area contributed by atoms with Gasteiger partial charge in [-0.3, -0.25) is 9.59 Å². The molecular weight excluding hydrogens is 258 g/mol. The molecule has 5 N–H and O–H groups in total. The van der Waals surface area contributed by atoms with Gasteiger partial charge in [-0.2, -0.15) is 0 Å². The highest BCUT2D eigenvalue weighted by molar-refractivity contribution is 5.87. The maximum absolute atomic E-state index is 11.7. The van der Waals surface area contributed by atoms with E-state index in [4.69, 9.17) is 10.8 Å². The number of benzene rings is 1.